The normalized spacial score (nSPS) is 9.95. The van der Waals surface area contributed by atoms with E-state index in [0.29, 0.717) is 16.7 Å². The molecule has 5 heteroatoms. The summed E-state index contributed by atoms with van der Waals surface area (Å²) in [5, 5.41) is 9.85. The highest BCUT2D eigenvalue weighted by molar-refractivity contribution is 7.99. The number of unbranched alkanes of at least 4 members (excludes halogenated alkanes) is 3. The van der Waals surface area contributed by atoms with Crippen LogP contribution in [0.3, 0.4) is 0 Å². The minimum Gasteiger partial charge on any atom is -0.396 e. The van der Waals surface area contributed by atoms with Crippen LogP contribution < -0.4 is 0 Å². The van der Waals surface area contributed by atoms with Crippen molar-refractivity contribution in [1.82, 2.24) is 0 Å². The van der Waals surface area contributed by atoms with Gasteiger partial charge in [0.1, 0.15) is 0 Å². The first-order valence-electron chi connectivity index (χ1n) is 6.24. The number of hydrogen-bond acceptors (Lipinski definition) is 3. The fraction of sp³-hybridized carbons (Fsp3) is 0.571. The molecule has 2 nitrogen and oxygen atoms in total. The maximum absolute atomic E-state index is 8.62. The summed E-state index contributed by atoms with van der Waals surface area (Å²) in [4.78, 5) is 1.16. The van der Waals surface area contributed by atoms with E-state index in [-0.39, 0.29) is 0 Å². The van der Waals surface area contributed by atoms with Gasteiger partial charge in [0.15, 0.2) is 0 Å². The third-order valence-electron chi connectivity index (χ3n) is 2.21. The van der Waals surface area contributed by atoms with Crippen LogP contribution in [0.15, 0.2) is 23.1 Å². The molecular formula is C14H22Cl2O2S. The lowest BCUT2D eigenvalue weighted by Gasteiger charge is -2.03. The number of hydrogen-bond donors (Lipinski definition) is 1. The van der Waals surface area contributed by atoms with Crippen molar-refractivity contribution < 1.29 is 9.84 Å². The summed E-state index contributed by atoms with van der Waals surface area (Å²) in [6.07, 6.45) is 4.37. The van der Waals surface area contributed by atoms with Crippen molar-refractivity contribution in [2.45, 2.75) is 30.6 Å². The zero-order valence-electron chi connectivity index (χ0n) is 11.5. The van der Waals surface area contributed by atoms with Gasteiger partial charge in [-0.05, 0) is 36.8 Å². The predicted octanol–water partition coefficient (Wildman–Crippen LogP) is 4.90. The Morgan fingerprint density at radius 3 is 2.26 bits per heavy atom. The number of benzene rings is 1. The fourth-order valence-corrected chi connectivity index (χ4v) is 2.64. The first-order valence-corrected chi connectivity index (χ1v) is 7.98. The van der Waals surface area contributed by atoms with Gasteiger partial charge >= 0.3 is 0 Å². The van der Waals surface area contributed by atoms with Gasteiger partial charge in [-0.25, -0.2) is 0 Å². The Bertz CT molecular complexity index is 335. The van der Waals surface area contributed by atoms with E-state index in [4.69, 9.17) is 28.3 Å². The minimum absolute atomic E-state index is 0.305. The van der Waals surface area contributed by atoms with E-state index in [1.807, 2.05) is 18.2 Å². The summed E-state index contributed by atoms with van der Waals surface area (Å²) in [5.41, 5.74) is 0. The van der Waals surface area contributed by atoms with E-state index in [2.05, 4.69) is 4.74 Å². The number of rotatable bonds is 7. The van der Waals surface area contributed by atoms with Crippen molar-refractivity contribution >= 4 is 35.0 Å². The Labute approximate surface area is 130 Å². The number of aliphatic hydroxyl groups excluding tert-OH is 1. The average molecular weight is 325 g/mol. The first-order chi connectivity index (χ1) is 9.15. The van der Waals surface area contributed by atoms with Gasteiger partial charge in [-0.15, -0.1) is 11.8 Å². The van der Waals surface area contributed by atoms with E-state index in [1.165, 1.54) is 12.8 Å². The maximum Gasteiger partial charge on any atom is 0.0603 e. The van der Waals surface area contributed by atoms with Gasteiger partial charge in [-0.2, -0.15) is 0 Å². The molecule has 0 amide bonds. The van der Waals surface area contributed by atoms with Crippen LogP contribution in [-0.2, 0) is 4.74 Å². The van der Waals surface area contributed by atoms with Crippen molar-refractivity contribution in [3.63, 3.8) is 0 Å². The first kappa shape index (κ1) is 19.1. The van der Waals surface area contributed by atoms with Crippen LogP contribution >= 0.6 is 35.0 Å². The molecule has 0 fully saturated rings. The Balaban J connectivity index is 0.000000982. The quantitative estimate of drug-likeness (QED) is 0.571. The van der Waals surface area contributed by atoms with E-state index in [9.17, 15) is 0 Å². The second-order valence-corrected chi connectivity index (χ2v) is 5.95. The lowest BCUT2D eigenvalue weighted by Crippen LogP contribution is -1.85. The highest BCUT2D eigenvalue weighted by Crippen LogP contribution is 2.28. The summed E-state index contributed by atoms with van der Waals surface area (Å²) >= 11 is 13.6. The van der Waals surface area contributed by atoms with Crippen LogP contribution in [0.4, 0.5) is 0 Å². The predicted molar refractivity (Wildman–Crippen MR) is 85.7 cm³/mol. The molecule has 0 aliphatic heterocycles. The topological polar surface area (TPSA) is 29.5 Å². The Morgan fingerprint density at radius 1 is 1.05 bits per heavy atom. The van der Waals surface area contributed by atoms with Gasteiger partial charge in [0.25, 0.3) is 0 Å². The van der Waals surface area contributed by atoms with Gasteiger partial charge < -0.3 is 9.84 Å². The molecule has 0 unspecified atom stereocenters. The molecule has 0 aromatic heterocycles. The molecule has 0 saturated heterocycles. The van der Waals surface area contributed by atoms with Gasteiger partial charge in [-0.3, -0.25) is 0 Å². The molecule has 0 aliphatic rings. The largest absolute Gasteiger partial charge is 0.396 e. The summed E-state index contributed by atoms with van der Waals surface area (Å²) in [6, 6.07) is 5.73. The molecule has 0 atom stereocenters. The van der Waals surface area contributed by atoms with Gasteiger partial charge in [0.05, 0.1) is 10.0 Å². The second kappa shape index (κ2) is 13.1. The molecule has 1 rings (SSSR count). The molecule has 0 heterocycles. The van der Waals surface area contributed by atoms with E-state index >= 15 is 0 Å². The lowest BCUT2D eigenvalue weighted by atomic mass is 10.2. The van der Waals surface area contributed by atoms with Crippen molar-refractivity contribution in [2.75, 3.05) is 26.6 Å². The molecule has 0 radical (unpaired) electrons. The standard InChI is InChI=1S/C12H16Cl2OS.C2H6O/c13-11-6-5-10(9-12(11)14)16-8-4-2-1-3-7-15;1-3-2/h5-6,9,15H,1-4,7-8H2;1-2H3. The Morgan fingerprint density at radius 2 is 1.68 bits per heavy atom. The molecule has 1 aromatic rings. The van der Waals surface area contributed by atoms with Crippen molar-refractivity contribution in [3.05, 3.63) is 28.2 Å². The SMILES string of the molecule is COC.OCCCCCCSc1ccc(Cl)c(Cl)c1. The number of halogens is 2. The van der Waals surface area contributed by atoms with Crippen LogP contribution in [0.1, 0.15) is 25.7 Å². The van der Waals surface area contributed by atoms with Crippen LogP contribution in [0.5, 0.6) is 0 Å². The maximum atomic E-state index is 8.62. The molecule has 0 saturated carbocycles. The van der Waals surface area contributed by atoms with Crippen molar-refractivity contribution in [1.29, 1.82) is 0 Å². The molecular weight excluding hydrogens is 303 g/mol. The molecule has 0 aliphatic carbocycles. The van der Waals surface area contributed by atoms with E-state index < -0.39 is 0 Å². The monoisotopic (exact) mass is 324 g/mol. The molecule has 1 aromatic carbocycles. The highest BCUT2D eigenvalue weighted by Gasteiger charge is 1.99. The summed E-state index contributed by atoms with van der Waals surface area (Å²) in [5.74, 6) is 1.09. The summed E-state index contributed by atoms with van der Waals surface area (Å²) in [7, 11) is 3.25. The lowest BCUT2D eigenvalue weighted by molar-refractivity contribution is 0.277. The Hall–Kier alpha value is 0.0700. The zero-order valence-corrected chi connectivity index (χ0v) is 13.8. The minimum atomic E-state index is 0.305. The van der Waals surface area contributed by atoms with Crippen molar-refractivity contribution in [2.24, 2.45) is 0 Å². The number of ether oxygens (including phenoxy) is 1. The number of thioether (sulfide) groups is 1. The smallest absolute Gasteiger partial charge is 0.0603 e. The van der Waals surface area contributed by atoms with Crippen molar-refractivity contribution in [3.8, 4) is 0 Å². The average Bonchev–Trinajstić information content (AvgIpc) is 2.39. The van der Waals surface area contributed by atoms with Gasteiger partial charge in [0, 0.05) is 25.7 Å². The van der Waals surface area contributed by atoms with Gasteiger partial charge in [-0.1, -0.05) is 36.0 Å². The number of aliphatic hydroxyl groups is 1. The molecule has 110 valence electrons. The van der Waals surface area contributed by atoms with Crippen LogP contribution in [0.25, 0.3) is 0 Å². The fourth-order valence-electron chi connectivity index (χ4n) is 1.32. The van der Waals surface area contributed by atoms with E-state index in [0.717, 1.165) is 23.5 Å². The number of methoxy groups -OCH3 is 1. The van der Waals surface area contributed by atoms with Gasteiger partial charge in [0.2, 0.25) is 0 Å². The third kappa shape index (κ3) is 10.5. The highest BCUT2D eigenvalue weighted by atomic mass is 35.5. The van der Waals surface area contributed by atoms with Crippen LogP contribution in [-0.4, -0.2) is 31.7 Å². The van der Waals surface area contributed by atoms with E-state index in [1.54, 1.807) is 26.0 Å². The second-order valence-electron chi connectivity index (χ2n) is 3.97. The summed E-state index contributed by atoms with van der Waals surface area (Å²) in [6.45, 7) is 0.305. The Kier molecular flexibility index (Phi) is 13.1. The molecule has 0 spiro atoms. The van der Waals surface area contributed by atoms with Crippen LogP contribution in [0, 0.1) is 0 Å². The van der Waals surface area contributed by atoms with Crippen LogP contribution in [0.2, 0.25) is 10.0 Å². The third-order valence-corrected chi connectivity index (χ3v) is 4.03. The summed E-state index contributed by atoms with van der Waals surface area (Å²) < 4.78 is 4.25. The molecule has 19 heavy (non-hydrogen) atoms. The zero-order chi connectivity index (χ0) is 14.5. The molecule has 0 bridgehead atoms. The molecule has 1 N–H and O–H groups in total.